The molecule has 0 amide bonds. The monoisotopic (exact) mass is 404 g/mol. The van der Waals surface area contributed by atoms with Gasteiger partial charge in [-0.25, -0.2) is 4.79 Å². The molecule has 0 saturated heterocycles. The van der Waals surface area contributed by atoms with Gasteiger partial charge in [-0.2, -0.15) is 0 Å². The highest BCUT2D eigenvalue weighted by atomic mass is 16.5. The number of dihydropyridines is 1. The Balaban J connectivity index is 1.46. The zero-order valence-corrected chi connectivity index (χ0v) is 17.1. The summed E-state index contributed by atoms with van der Waals surface area (Å²) in [5, 5.41) is 0. The van der Waals surface area contributed by atoms with Crippen LogP contribution >= 0.6 is 0 Å². The van der Waals surface area contributed by atoms with Crippen molar-refractivity contribution in [2.24, 2.45) is 4.99 Å². The number of rotatable bonds is 4. The maximum absolute atomic E-state index is 12.1. The molecule has 0 spiro atoms. The predicted octanol–water partition coefficient (Wildman–Crippen LogP) is 2.68. The average molecular weight is 404 g/mol. The lowest BCUT2D eigenvalue weighted by Crippen LogP contribution is -2.23. The second-order valence-corrected chi connectivity index (χ2v) is 7.38. The fourth-order valence-corrected chi connectivity index (χ4v) is 3.64. The van der Waals surface area contributed by atoms with E-state index in [1.165, 1.54) is 12.7 Å². The number of esters is 1. The number of hydrogen-bond donors (Lipinski definition) is 1. The van der Waals surface area contributed by atoms with Gasteiger partial charge >= 0.3 is 5.97 Å². The van der Waals surface area contributed by atoms with Gasteiger partial charge in [-0.15, -0.1) is 0 Å². The Bertz CT molecular complexity index is 1140. The number of nitrogens with zero attached hydrogens (tertiary/aromatic N) is 3. The van der Waals surface area contributed by atoms with Crippen LogP contribution in [-0.4, -0.2) is 46.7 Å². The molecular weight excluding hydrogens is 380 g/mol. The number of aliphatic imine (C=N–C) groups is 1. The van der Waals surface area contributed by atoms with Crippen molar-refractivity contribution >= 4 is 23.2 Å². The number of pyridine rings is 2. The number of allylic oxidation sites excluding steroid dienone is 3. The number of nitrogens with one attached hydrogen (secondary N) is 1. The molecule has 0 saturated carbocycles. The summed E-state index contributed by atoms with van der Waals surface area (Å²) in [7, 11) is 1.36. The van der Waals surface area contributed by atoms with Gasteiger partial charge in [0.05, 0.1) is 18.1 Å². The Kier molecular flexibility index (Phi) is 5.61. The maximum atomic E-state index is 12.1. The number of methoxy groups -OCH3 is 1. The third-order valence-electron chi connectivity index (χ3n) is 5.39. The maximum Gasteiger partial charge on any atom is 0.334 e. The molecule has 7 heteroatoms. The molecule has 2 aliphatic heterocycles. The Morgan fingerprint density at radius 1 is 1.33 bits per heavy atom. The Labute approximate surface area is 174 Å². The normalized spacial score (nSPS) is 20.7. The fraction of sp³-hybridized carbons (Fsp3) is 0.304. The molecule has 154 valence electrons. The van der Waals surface area contributed by atoms with Gasteiger partial charge in [0, 0.05) is 31.1 Å². The van der Waals surface area contributed by atoms with E-state index in [0.717, 1.165) is 40.7 Å². The van der Waals surface area contributed by atoms with Crippen molar-refractivity contribution in [2.75, 3.05) is 13.7 Å². The summed E-state index contributed by atoms with van der Waals surface area (Å²) in [4.78, 5) is 37.6. The Morgan fingerprint density at radius 3 is 2.87 bits per heavy atom. The van der Waals surface area contributed by atoms with Crippen molar-refractivity contribution < 1.29 is 9.53 Å². The van der Waals surface area contributed by atoms with E-state index >= 15 is 0 Å². The summed E-state index contributed by atoms with van der Waals surface area (Å²) in [5.74, 6) is -0.354. The minimum absolute atomic E-state index is 0.0466. The van der Waals surface area contributed by atoms with E-state index in [9.17, 15) is 9.59 Å². The third-order valence-corrected chi connectivity index (χ3v) is 5.39. The molecule has 4 rings (SSSR count). The molecule has 7 nitrogen and oxygen atoms in total. The van der Waals surface area contributed by atoms with E-state index in [0.29, 0.717) is 13.0 Å². The highest BCUT2D eigenvalue weighted by molar-refractivity contribution is 5.90. The van der Waals surface area contributed by atoms with Crippen molar-refractivity contribution in [3.8, 4) is 0 Å². The fourth-order valence-electron chi connectivity index (χ4n) is 3.64. The molecule has 1 atom stereocenters. The summed E-state index contributed by atoms with van der Waals surface area (Å²) in [6.07, 6.45) is 13.0. The zero-order valence-electron chi connectivity index (χ0n) is 17.1. The van der Waals surface area contributed by atoms with E-state index in [4.69, 9.17) is 4.74 Å². The number of ether oxygens (including phenoxy) is 1. The van der Waals surface area contributed by atoms with Crippen LogP contribution in [0.25, 0.3) is 11.0 Å². The van der Waals surface area contributed by atoms with Gasteiger partial charge in [-0.1, -0.05) is 13.0 Å². The highest BCUT2D eigenvalue weighted by Crippen LogP contribution is 2.21. The van der Waals surface area contributed by atoms with Crippen LogP contribution in [0.1, 0.15) is 24.5 Å². The van der Waals surface area contributed by atoms with Gasteiger partial charge in [0.1, 0.15) is 0 Å². The van der Waals surface area contributed by atoms with Crippen molar-refractivity contribution in [3.05, 3.63) is 75.4 Å². The van der Waals surface area contributed by atoms with Gasteiger partial charge in [-0.05, 0) is 60.0 Å². The number of hydrogen-bond acceptors (Lipinski definition) is 6. The number of aromatic amines is 1. The molecular formula is C23H24N4O3. The number of aromatic nitrogens is 2. The lowest BCUT2D eigenvalue weighted by Gasteiger charge is -2.25. The lowest BCUT2D eigenvalue weighted by atomic mass is 10.00. The second kappa shape index (κ2) is 8.49. The van der Waals surface area contributed by atoms with E-state index in [-0.39, 0.29) is 11.5 Å². The first-order chi connectivity index (χ1) is 14.6. The highest BCUT2D eigenvalue weighted by Gasteiger charge is 2.18. The number of carbonyl (C=O) groups excluding carboxylic acids is 1. The van der Waals surface area contributed by atoms with Crippen LogP contribution in [0.2, 0.25) is 0 Å². The standard InChI is InChI=1S/C23H24N4O3/c1-3-16-11-20-21(26-22(16)28)10-15(12-24-20)14-27-8-6-17(7-9-27)18-4-5-19(25-13-18)23(29)30-2/h4-6,8,10-13,19H,3,7,9,14H2,1-2H3,(H,26,28). The van der Waals surface area contributed by atoms with Crippen molar-refractivity contribution in [1.82, 2.24) is 14.9 Å². The molecule has 0 radical (unpaired) electrons. The molecule has 2 aromatic heterocycles. The first-order valence-electron chi connectivity index (χ1n) is 10.0. The molecule has 4 heterocycles. The predicted molar refractivity (Wildman–Crippen MR) is 116 cm³/mol. The lowest BCUT2D eigenvalue weighted by molar-refractivity contribution is -0.140. The van der Waals surface area contributed by atoms with Gasteiger partial charge < -0.3 is 14.6 Å². The second-order valence-electron chi connectivity index (χ2n) is 7.38. The molecule has 0 fully saturated rings. The van der Waals surface area contributed by atoms with E-state index in [2.05, 4.69) is 32.1 Å². The van der Waals surface area contributed by atoms with Crippen LogP contribution in [0.4, 0.5) is 0 Å². The zero-order chi connectivity index (χ0) is 21.1. The van der Waals surface area contributed by atoms with Gasteiger partial charge in [-0.3, -0.25) is 14.8 Å². The van der Waals surface area contributed by atoms with E-state index < -0.39 is 6.04 Å². The van der Waals surface area contributed by atoms with Crippen LogP contribution in [0.3, 0.4) is 0 Å². The summed E-state index contributed by atoms with van der Waals surface area (Å²) in [6, 6.07) is 3.30. The molecule has 0 aliphatic carbocycles. The quantitative estimate of drug-likeness (QED) is 0.792. The largest absolute Gasteiger partial charge is 0.467 e. The molecule has 1 unspecified atom stereocenters. The molecule has 0 aromatic carbocycles. The van der Waals surface area contributed by atoms with Gasteiger partial charge in [0.15, 0.2) is 6.04 Å². The summed E-state index contributed by atoms with van der Waals surface area (Å²) in [6.45, 7) is 3.54. The minimum Gasteiger partial charge on any atom is -0.467 e. The summed E-state index contributed by atoms with van der Waals surface area (Å²) < 4.78 is 4.72. The van der Waals surface area contributed by atoms with Crippen molar-refractivity contribution in [2.45, 2.75) is 32.4 Å². The van der Waals surface area contributed by atoms with E-state index in [1.54, 1.807) is 12.3 Å². The topological polar surface area (TPSA) is 87.7 Å². The van der Waals surface area contributed by atoms with Gasteiger partial charge in [0.2, 0.25) is 0 Å². The van der Waals surface area contributed by atoms with Crippen LogP contribution in [0, 0.1) is 0 Å². The third kappa shape index (κ3) is 4.10. The summed E-state index contributed by atoms with van der Waals surface area (Å²) in [5.41, 5.74) is 5.52. The smallest absolute Gasteiger partial charge is 0.334 e. The van der Waals surface area contributed by atoms with Crippen LogP contribution in [0.15, 0.2) is 63.7 Å². The Morgan fingerprint density at radius 2 is 2.20 bits per heavy atom. The van der Waals surface area contributed by atoms with Crippen molar-refractivity contribution in [3.63, 3.8) is 0 Å². The number of H-pyrrole nitrogens is 1. The molecule has 2 aromatic rings. The molecule has 30 heavy (non-hydrogen) atoms. The van der Waals surface area contributed by atoms with Crippen LogP contribution < -0.4 is 5.56 Å². The van der Waals surface area contributed by atoms with Crippen LogP contribution in [0.5, 0.6) is 0 Å². The molecule has 2 aliphatic rings. The Hall–Kier alpha value is -3.48. The number of fused-ring (bicyclic) bond motifs is 1. The first kappa shape index (κ1) is 19.8. The molecule has 0 bridgehead atoms. The minimum atomic E-state index is -0.552. The van der Waals surface area contributed by atoms with Gasteiger partial charge in [0.25, 0.3) is 5.56 Å². The van der Waals surface area contributed by atoms with E-state index in [1.807, 2.05) is 31.3 Å². The first-order valence-corrected chi connectivity index (χ1v) is 10.0. The van der Waals surface area contributed by atoms with Crippen molar-refractivity contribution in [1.29, 1.82) is 0 Å². The number of aryl methyl sites for hydroxylation is 1. The number of carbonyl (C=O) groups is 1. The van der Waals surface area contributed by atoms with Crippen LogP contribution in [-0.2, 0) is 22.5 Å². The average Bonchev–Trinajstić information content (AvgIpc) is 2.78. The molecule has 1 N–H and O–H groups in total. The SMILES string of the molecule is CCc1cc2ncc(CN3C=CC(=C4C=CC(C(=O)OC)N=C4)CC3)cc2[nH]c1=O. The summed E-state index contributed by atoms with van der Waals surface area (Å²) >= 11 is 0.